The zero-order valence-corrected chi connectivity index (χ0v) is 10.5. The van der Waals surface area contributed by atoms with Crippen LogP contribution in [0.3, 0.4) is 0 Å². The first-order chi connectivity index (χ1) is 7.63. The fourth-order valence-electron chi connectivity index (χ4n) is 2.06. The topological polar surface area (TPSA) is 44.5 Å². The highest BCUT2D eigenvalue weighted by molar-refractivity contribution is 5.46. The molecule has 1 unspecified atom stereocenters. The minimum Gasteiger partial charge on any atom is -0.496 e. The van der Waals surface area contributed by atoms with Crippen LogP contribution < -0.4 is 10.5 Å². The normalized spacial score (nSPS) is 12.6. The molecule has 0 aliphatic heterocycles. The molecule has 0 bridgehead atoms. The van der Waals surface area contributed by atoms with Crippen molar-refractivity contribution in [2.75, 3.05) is 27.4 Å². The molecule has 0 saturated heterocycles. The molecule has 0 fully saturated rings. The van der Waals surface area contributed by atoms with Crippen molar-refractivity contribution >= 4 is 0 Å². The van der Waals surface area contributed by atoms with E-state index >= 15 is 0 Å². The van der Waals surface area contributed by atoms with Gasteiger partial charge in [0.25, 0.3) is 0 Å². The monoisotopic (exact) mass is 223 g/mol. The van der Waals surface area contributed by atoms with Crippen molar-refractivity contribution in [2.45, 2.75) is 19.8 Å². The first-order valence-corrected chi connectivity index (χ1v) is 5.48. The summed E-state index contributed by atoms with van der Waals surface area (Å²) in [5.41, 5.74) is 9.29. The van der Waals surface area contributed by atoms with Crippen LogP contribution in [0.4, 0.5) is 0 Å². The molecule has 0 amide bonds. The molecule has 0 aromatic heterocycles. The summed E-state index contributed by atoms with van der Waals surface area (Å²) in [5.74, 6) is 1.12. The van der Waals surface area contributed by atoms with Crippen molar-refractivity contribution in [3.8, 4) is 5.75 Å². The molecule has 1 aromatic carbocycles. The predicted octanol–water partition coefficient (Wildman–Crippen LogP) is 2.00. The summed E-state index contributed by atoms with van der Waals surface area (Å²) in [5, 5.41) is 0. The lowest BCUT2D eigenvalue weighted by Gasteiger charge is -2.19. The van der Waals surface area contributed by atoms with Crippen molar-refractivity contribution in [1.82, 2.24) is 0 Å². The van der Waals surface area contributed by atoms with E-state index in [1.807, 2.05) is 0 Å². The maximum Gasteiger partial charge on any atom is 0.125 e. The number of aryl methyl sites for hydroxylation is 2. The van der Waals surface area contributed by atoms with Crippen molar-refractivity contribution in [2.24, 2.45) is 5.73 Å². The minimum absolute atomic E-state index is 0.193. The highest BCUT2D eigenvalue weighted by Gasteiger charge is 2.16. The molecule has 3 heteroatoms. The van der Waals surface area contributed by atoms with E-state index < -0.39 is 0 Å². The average molecular weight is 223 g/mol. The summed E-state index contributed by atoms with van der Waals surface area (Å²) in [6.07, 6.45) is 0. The van der Waals surface area contributed by atoms with Crippen LogP contribution in [0.5, 0.6) is 5.75 Å². The number of methoxy groups -OCH3 is 2. The molecule has 0 heterocycles. The van der Waals surface area contributed by atoms with Crippen molar-refractivity contribution in [3.05, 3.63) is 28.8 Å². The number of ether oxygens (including phenoxy) is 2. The zero-order chi connectivity index (χ0) is 12.1. The SMILES string of the molecule is COCC(CN)c1cc(C)cc(C)c1OC. The second-order valence-corrected chi connectivity index (χ2v) is 4.09. The van der Waals surface area contributed by atoms with Gasteiger partial charge in [0.05, 0.1) is 13.7 Å². The quantitative estimate of drug-likeness (QED) is 0.830. The van der Waals surface area contributed by atoms with E-state index in [1.54, 1.807) is 14.2 Å². The molecule has 90 valence electrons. The Labute approximate surface area is 97.6 Å². The Morgan fingerprint density at radius 3 is 2.44 bits per heavy atom. The summed E-state index contributed by atoms with van der Waals surface area (Å²) in [4.78, 5) is 0. The van der Waals surface area contributed by atoms with Crippen molar-refractivity contribution in [1.29, 1.82) is 0 Å². The molecule has 1 atom stereocenters. The Bertz CT molecular complexity index is 350. The van der Waals surface area contributed by atoms with Crippen LogP contribution in [0, 0.1) is 13.8 Å². The van der Waals surface area contributed by atoms with E-state index in [2.05, 4.69) is 26.0 Å². The molecule has 3 nitrogen and oxygen atoms in total. The van der Waals surface area contributed by atoms with Gasteiger partial charge < -0.3 is 15.2 Å². The fourth-order valence-corrected chi connectivity index (χ4v) is 2.06. The van der Waals surface area contributed by atoms with Gasteiger partial charge in [0.15, 0.2) is 0 Å². The van der Waals surface area contributed by atoms with Gasteiger partial charge in [0.2, 0.25) is 0 Å². The van der Waals surface area contributed by atoms with Crippen LogP contribution in [-0.4, -0.2) is 27.4 Å². The molecule has 0 saturated carbocycles. The predicted molar refractivity (Wildman–Crippen MR) is 66.1 cm³/mol. The van der Waals surface area contributed by atoms with E-state index in [1.165, 1.54) is 5.56 Å². The molecule has 0 aliphatic rings. The van der Waals surface area contributed by atoms with Crippen LogP contribution in [-0.2, 0) is 4.74 Å². The highest BCUT2D eigenvalue weighted by Crippen LogP contribution is 2.31. The van der Waals surface area contributed by atoms with Gasteiger partial charge in [0, 0.05) is 25.1 Å². The van der Waals surface area contributed by atoms with Crippen LogP contribution in [0.1, 0.15) is 22.6 Å². The van der Waals surface area contributed by atoms with Gasteiger partial charge in [-0.05, 0) is 19.4 Å². The molecular formula is C13H21NO2. The molecule has 0 aliphatic carbocycles. The van der Waals surface area contributed by atoms with Gasteiger partial charge in [-0.25, -0.2) is 0 Å². The summed E-state index contributed by atoms with van der Waals surface area (Å²) in [6.45, 7) is 5.31. The number of benzene rings is 1. The molecule has 1 rings (SSSR count). The van der Waals surface area contributed by atoms with E-state index in [0.29, 0.717) is 13.2 Å². The highest BCUT2D eigenvalue weighted by atomic mass is 16.5. The molecule has 0 spiro atoms. The first kappa shape index (κ1) is 13.0. The molecule has 1 aromatic rings. The maximum absolute atomic E-state index is 5.78. The van der Waals surface area contributed by atoms with Crippen LogP contribution >= 0.6 is 0 Å². The number of hydrogen-bond donors (Lipinski definition) is 1. The zero-order valence-electron chi connectivity index (χ0n) is 10.5. The third kappa shape index (κ3) is 2.74. The Morgan fingerprint density at radius 1 is 1.25 bits per heavy atom. The average Bonchev–Trinajstić information content (AvgIpc) is 2.25. The molecule has 2 N–H and O–H groups in total. The Morgan fingerprint density at radius 2 is 1.94 bits per heavy atom. The lowest BCUT2D eigenvalue weighted by Crippen LogP contribution is -2.18. The van der Waals surface area contributed by atoms with Gasteiger partial charge in [0.1, 0.15) is 5.75 Å². The van der Waals surface area contributed by atoms with Crippen molar-refractivity contribution < 1.29 is 9.47 Å². The van der Waals surface area contributed by atoms with Gasteiger partial charge in [-0.1, -0.05) is 17.7 Å². The van der Waals surface area contributed by atoms with Crippen LogP contribution in [0.15, 0.2) is 12.1 Å². The Hall–Kier alpha value is -1.06. The number of hydrogen-bond acceptors (Lipinski definition) is 3. The second kappa shape index (κ2) is 5.87. The third-order valence-corrected chi connectivity index (χ3v) is 2.74. The largest absolute Gasteiger partial charge is 0.496 e. The third-order valence-electron chi connectivity index (χ3n) is 2.74. The second-order valence-electron chi connectivity index (χ2n) is 4.09. The van der Waals surface area contributed by atoms with Crippen molar-refractivity contribution in [3.63, 3.8) is 0 Å². The Kier molecular flexibility index (Phi) is 4.77. The molecule has 0 radical (unpaired) electrons. The smallest absolute Gasteiger partial charge is 0.125 e. The van der Waals surface area contributed by atoms with Gasteiger partial charge in [-0.2, -0.15) is 0 Å². The van der Waals surface area contributed by atoms with E-state index in [-0.39, 0.29) is 5.92 Å². The summed E-state index contributed by atoms with van der Waals surface area (Å²) < 4.78 is 10.6. The minimum atomic E-state index is 0.193. The molecule has 16 heavy (non-hydrogen) atoms. The van der Waals surface area contributed by atoms with Crippen LogP contribution in [0.25, 0.3) is 0 Å². The number of nitrogens with two attached hydrogens (primary N) is 1. The van der Waals surface area contributed by atoms with Crippen LogP contribution in [0.2, 0.25) is 0 Å². The summed E-state index contributed by atoms with van der Waals surface area (Å²) in [6, 6.07) is 4.24. The lowest BCUT2D eigenvalue weighted by atomic mass is 9.94. The van der Waals surface area contributed by atoms with E-state index in [4.69, 9.17) is 15.2 Å². The standard InChI is InChI=1S/C13H21NO2/c1-9-5-10(2)13(16-4)12(6-9)11(7-14)8-15-3/h5-6,11H,7-8,14H2,1-4H3. The van der Waals surface area contributed by atoms with Gasteiger partial charge >= 0.3 is 0 Å². The summed E-state index contributed by atoms with van der Waals surface area (Å²) >= 11 is 0. The first-order valence-electron chi connectivity index (χ1n) is 5.48. The van der Waals surface area contributed by atoms with Gasteiger partial charge in [-0.15, -0.1) is 0 Å². The fraction of sp³-hybridized carbons (Fsp3) is 0.538. The van der Waals surface area contributed by atoms with Gasteiger partial charge in [-0.3, -0.25) is 0 Å². The number of rotatable bonds is 5. The van der Waals surface area contributed by atoms with E-state index in [0.717, 1.165) is 16.9 Å². The lowest BCUT2D eigenvalue weighted by molar-refractivity contribution is 0.180. The maximum atomic E-state index is 5.78. The molecular weight excluding hydrogens is 202 g/mol. The Balaban J connectivity index is 3.17. The van der Waals surface area contributed by atoms with E-state index in [9.17, 15) is 0 Å². The summed E-state index contributed by atoms with van der Waals surface area (Å²) in [7, 11) is 3.39.